The second-order valence-corrected chi connectivity index (χ2v) is 9.56. The van der Waals surface area contributed by atoms with E-state index in [4.69, 9.17) is 0 Å². The molecule has 0 radical (unpaired) electrons. The summed E-state index contributed by atoms with van der Waals surface area (Å²) in [5.41, 5.74) is 3.04. The predicted octanol–water partition coefficient (Wildman–Crippen LogP) is 3.04. The molecule has 1 aliphatic heterocycles. The Labute approximate surface area is 188 Å². The van der Waals surface area contributed by atoms with E-state index in [2.05, 4.69) is 48.4 Å². The third-order valence-electron chi connectivity index (χ3n) is 4.98. The molecule has 0 bridgehead atoms. The molecule has 31 heavy (non-hydrogen) atoms. The molecule has 160 valence electrons. The minimum Gasteiger partial charge on any atom is -0.355 e. The first-order chi connectivity index (χ1) is 15.2. The fourth-order valence-corrected chi connectivity index (χ4v) is 4.88. The van der Waals surface area contributed by atoms with Gasteiger partial charge in [-0.05, 0) is 36.5 Å². The summed E-state index contributed by atoms with van der Waals surface area (Å²) in [4.78, 5) is 15.8. The number of aliphatic imine (C=N–C) groups is 1. The van der Waals surface area contributed by atoms with Crippen molar-refractivity contribution in [1.29, 1.82) is 0 Å². The number of hydrogen-bond donors (Lipinski definition) is 1. The van der Waals surface area contributed by atoms with Crippen molar-refractivity contribution in [2.45, 2.75) is 6.54 Å². The van der Waals surface area contributed by atoms with Crippen molar-refractivity contribution in [3.8, 4) is 0 Å². The van der Waals surface area contributed by atoms with E-state index in [1.54, 1.807) is 6.20 Å². The third-order valence-corrected chi connectivity index (χ3v) is 6.92. The van der Waals surface area contributed by atoms with Crippen LogP contribution in [-0.2, 0) is 17.3 Å². The first-order valence-corrected chi connectivity index (χ1v) is 12.3. The molecule has 1 N–H and O–H groups in total. The second-order valence-electron chi connectivity index (χ2n) is 7.04. The number of anilines is 1. The van der Waals surface area contributed by atoms with E-state index in [1.165, 1.54) is 11.9 Å². The van der Waals surface area contributed by atoms with E-state index >= 15 is 0 Å². The average molecular weight is 453 g/mol. The lowest BCUT2D eigenvalue weighted by Crippen LogP contribution is -2.38. The Hall–Kier alpha value is -2.62. The Morgan fingerprint density at radius 1 is 1.19 bits per heavy atom. The Morgan fingerprint density at radius 3 is 2.84 bits per heavy atom. The molecule has 9 heteroatoms. The second kappa shape index (κ2) is 10.6. The van der Waals surface area contributed by atoms with Crippen molar-refractivity contribution in [1.82, 2.24) is 15.3 Å². The zero-order chi connectivity index (χ0) is 21.5. The molecular weight excluding hydrogens is 428 g/mol. The number of nitrogens with zero attached hydrogens (tertiary/aromatic N) is 5. The monoisotopic (exact) mass is 452 g/mol. The van der Waals surface area contributed by atoms with Crippen molar-refractivity contribution in [2.75, 3.05) is 36.2 Å². The van der Waals surface area contributed by atoms with Crippen molar-refractivity contribution in [3.63, 3.8) is 0 Å². The molecule has 0 saturated carbocycles. The quantitative estimate of drug-likeness (QED) is 0.257. The molecule has 1 aromatic carbocycles. The van der Waals surface area contributed by atoms with Crippen LogP contribution < -0.4 is 10.2 Å². The van der Waals surface area contributed by atoms with E-state index < -0.39 is 10.8 Å². The van der Waals surface area contributed by atoms with Crippen molar-refractivity contribution >= 4 is 51.2 Å². The number of aromatic nitrogens is 2. The summed E-state index contributed by atoms with van der Waals surface area (Å²) < 4.78 is 15.5. The smallest absolute Gasteiger partial charge is 0.128 e. The highest BCUT2D eigenvalue weighted by molar-refractivity contribution is 8.13. The average Bonchev–Trinajstić information content (AvgIpc) is 2.82. The van der Waals surface area contributed by atoms with Crippen LogP contribution in [0.4, 0.5) is 5.82 Å². The van der Waals surface area contributed by atoms with Gasteiger partial charge in [-0.25, -0.2) is 9.38 Å². The molecule has 7 nitrogen and oxygen atoms in total. The summed E-state index contributed by atoms with van der Waals surface area (Å²) in [7, 11) is -0.679. The highest BCUT2D eigenvalue weighted by Crippen LogP contribution is 2.19. The minimum atomic E-state index is -0.679. The van der Waals surface area contributed by atoms with Gasteiger partial charge in [0.05, 0.1) is 12.2 Å². The molecule has 0 unspecified atom stereocenters. The fourth-order valence-electron chi connectivity index (χ4n) is 3.35. The van der Waals surface area contributed by atoms with Gasteiger partial charge in [0.15, 0.2) is 0 Å². The molecule has 1 fully saturated rings. The topological polar surface area (TPSA) is 82.8 Å². The summed E-state index contributed by atoms with van der Waals surface area (Å²) in [5.74, 6) is 2.38. The maximum absolute atomic E-state index is 11.5. The number of rotatable bonds is 7. The van der Waals surface area contributed by atoms with Gasteiger partial charge in [-0.15, -0.1) is 0 Å². The Bertz CT molecular complexity index is 1090. The fraction of sp³-hybridized carbons (Fsp3) is 0.273. The van der Waals surface area contributed by atoms with Gasteiger partial charge < -0.3 is 4.90 Å². The number of nitrogens with one attached hydrogen (secondary N) is 1. The van der Waals surface area contributed by atoms with Crippen LogP contribution in [0.1, 0.15) is 11.1 Å². The Kier molecular flexibility index (Phi) is 7.39. The molecule has 4 rings (SSSR count). The zero-order valence-electron chi connectivity index (χ0n) is 17.1. The van der Waals surface area contributed by atoms with Gasteiger partial charge in [-0.1, -0.05) is 18.2 Å². The summed E-state index contributed by atoms with van der Waals surface area (Å²) in [5, 5.41) is 5.21. The minimum absolute atomic E-state index is 0.461. The van der Waals surface area contributed by atoms with Gasteiger partial charge in [-0.2, -0.15) is 0 Å². The van der Waals surface area contributed by atoms with Crippen molar-refractivity contribution in [2.24, 2.45) is 9.39 Å². The number of pyridine rings is 2. The molecule has 0 spiro atoms. The van der Waals surface area contributed by atoms with Crippen LogP contribution in [0.5, 0.6) is 0 Å². The van der Waals surface area contributed by atoms with Crippen molar-refractivity contribution in [3.05, 3.63) is 66.0 Å². The van der Waals surface area contributed by atoms with Crippen LogP contribution in [0.2, 0.25) is 0 Å². The van der Waals surface area contributed by atoms with Crippen LogP contribution in [0, 0.1) is 0 Å². The summed E-state index contributed by atoms with van der Waals surface area (Å²) >= 11 is 1.27. The first kappa shape index (κ1) is 21.6. The van der Waals surface area contributed by atoms with E-state index in [-0.39, 0.29) is 0 Å². The van der Waals surface area contributed by atoms with E-state index in [0.29, 0.717) is 13.2 Å². The largest absolute Gasteiger partial charge is 0.355 e. The highest BCUT2D eigenvalue weighted by Gasteiger charge is 2.16. The van der Waals surface area contributed by atoms with Crippen LogP contribution >= 0.6 is 11.9 Å². The molecular formula is C22H24N6OS2. The molecule has 0 amide bonds. The summed E-state index contributed by atoms with van der Waals surface area (Å²) in [6, 6.07) is 14.1. The molecule has 1 saturated heterocycles. The molecule has 3 aromatic rings. The van der Waals surface area contributed by atoms with Gasteiger partial charge in [0.2, 0.25) is 0 Å². The predicted molar refractivity (Wildman–Crippen MR) is 131 cm³/mol. The first-order valence-electron chi connectivity index (χ1n) is 10.0. The van der Waals surface area contributed by atoms with Gasteiger partial charge in [-0.3, -0.25) is 19.5 Å². The van der Waals surface area contributed by atoms with Gasteiger partial charge in [0, 0.05) is 77.2 Å². The summed E-state index contributed by atoms with van der Waals surface area (Å²) in [6.45, 7) is 6.31. The lowest BCUT2D eigenvalue weighted by Gasteiger charge is -2.27. The van der Waals surface area contributed by atoms with Crippen LogP contribution in [0.25, 0.3) is 10.9 Å². The molecule has 1 aliphatic rings. The molecule has 0 atom stereocenters. The zero-order valence-corrected chi connectivity index (χ0v) is 18.7. The number of fused-ring (bicyclic) bond motifs is 1. The van der Waals surface area contributed by atoms with E-state index in [0.717, 1.165) is 57.5 Å². The van der Waals surface area contributed by atoms with E-state index in [9.17, 15) is 4.21 Å². The SMILES string of the molecule is C=NS/C(=N\CNCc1ccc(N2CCS(=O)CC2)nc1)c1ccc2ncccc2c1. The Balaban J connectivity index is 1.34. The van der Waals surface area contributed by atoms with Crippen LogP contribution in [-0.4, -0.2) is 57.2 Å². The Morgan fingerprint density at radius 2 is 2.06 bits per heavy atom. The normalized spacial score (nSPS) is 15.4. The molecule has 3 heterocycles. The molecule has 0 aliphatic carbocycles. The lowest BCUT2D eigenvalue weighted by atomic mass is 10.1. The maximum atomic E-state index is 11.5. The standard InChI is InChI=1S/C22H24N6OS2/c1-23-30-22(19-5-6-20-18(13-19)3-2-8-25-20)27-16-24-14-17-4-7-21(26-15-17)28-9-11-31(29)12-10-28/h2-8,13,15,24H,1,9-12,14,16H2/b27-22-. The highest BCUT2D eigenvalue weighted by atomic mass is 32.2. The lowest BCUT2D eigenvalue weighted by molar-refractivity contribution is 0.672. The van der Waals surface area contributed by atoms with Crippen molar-refractivity contribution < 1.29 is 4.21 Å². The summed E-state index contributed by atoms with van der Waals surface area (Å²) in [6.07, 6.45) is 3.67. The van der Waals surface area contributed by atoms with E-state index in [1.807, 2.05) is 36.5 Å². The van der Waals surface area contributed by atoms with Crippen LogP contribution in [0.15, 0.2) is 64.2 Å². The van der Waals surface area contributed by atoms with Crippen LogP contribution in [0.3, 0.4) is 0 Å². The van der Waals surface area contributed by atoms with Gasteiger partial charge in [0.25, 0.3) is 0 Å². The number of benzene rings is 1. The van der Waals surface area contributed by atoms with Gasteiger partial charge >= 0.3 is 0 Å². The third kappa shape index (κ3) is 5.75. The number of hydrogen-bond acceptors (Lipinski definition) is 8. The molecule has 2 aromatic heterocycles. The van der Waals surface area contributed by atoms with Gasteiger partial charge in [0.1, 0.15) is 10.9 Å². The maximum Gasteiger partial charge on any atom is 0.128 e.